The largest absolute Gasteiger partial charge is 0.462 e. The van der Waals surface area contributed by atoms with Crippen LogP contribution in [-0.2, 0) is 19.6 Å². The number of piperidine rings is 1. The van der Waals surface area contributed by atoms with Gasteiger partial charge in [-0.05, 0) is 38.3 Å². The number of esters is 1. The minimum Gasteiger partial charge on any atom is -0.462 e. The first-order chi connectivity index (χ1) is 12.3. The quantitative estimate of drug-likeness (QED) is 0.674. The molecule has 144 valence electrons. The van der Waals surface area contributed by atoms with Gasteiger partial charge in [-0.15, -0.1) is 0 Å². The normalized spacial score (nSPS) is 14.8. The Labute approximate surface area is 155 Å². The highest BCUT2D eigenvalue weighted by Crippen LogP contribution is 2.24. The van der Waals surface area contributed by atoms with Gasteiger partial charge in [-0.25, -0.2) is 13.2 Å². The molecule has 1 aromatic rings. The zero-order valence-corrected chi connectivity index (χ0v) is 16.1. The molecule has 1 aromatic carbocycles. The Morgan fingerprint density at radius 1 is 1.15 bits per heavy atom. The van der Waals surface area contributed by atoms with Crippen molar-refractivity contribution in [2.24, 2.45) is 0 Å². The summed E-state index contributed by atoms with van der Waals surface area (Å²) in [7, 11) is -3.66. The highest BCUT2D eigenvalue weighted by molar-refractivity contribution is 7.92. The third kappa shape index (κ3) is 5.20. The molecule has 1 fully saturated rings. The fourth-order valence-electron chi connectivity index (χ4n) is 3.04. The van der Waals surface area contributed by atoms with Gasteiger partial charge in [0.05, 0.1) is 24.1 Å². The second-order valence-electron chi connectivity index (χ2n) is 6.26. The molecule has 1 aliphatic rings. The van der Waals surface area contributed by atoms with Gasteiger partial charge in [0.2, 0.25) is 15.9 Å². The van der Waals surface area contributed by atoms with Crippen LogP contribution in [0.5, 0.6) is 0 Å². The summed E-state index contributed by atoms with van der Waals surface area (Å²) >= 11 is 0. The number of hydrogen-bond acceptors (Lipinski definition) is 5. The maximum atomic E-state index is 12.4. The maximum Gasteiger partial charge on any atom is 0.340 e. The van der Waals surface area contributed by atoms with Gasteiger partial charge >= 0.3 is 5.97 Å². The molecule has 2 rings (SSSR count). The van der Waals surface area contributed by atoms with E-state index in [2.05, 4.69) is 0 Å². The summed E-state index contributed by atoms with van der Waals surface area (Å²) in [6.45, 7) is 3.31. The molecule has 0 spiro atoms. The van der Waals surface area contributed by atoms with Crippen molar-refractivity contribution in [2.75, 3.05) is 36.8 Å². The second-order valence-corrected chi connectivity index (χ2v) is 8.17. The van der Waals surface area contributed by atoms with Crippen LogP contribution in [0.3, 0.4) is 0 Å². The molecule has 1 saturated heterocycles. The first-order valence-corrected chi connectivity index (χ1v) is 10.7. The smallest absolute Gasteiger partial charge is 0.340 e. The highest BCUT2D eigenvalue weighted by Gasteiger charge is 2.25. The lowest BCUT2D eigenvalue weighted by molar-refractivity contribution is -0.131. The second kappa shape index (κ2) is 9.02. The van der Waals surface area contributed by atoms with Gasteiger partial charge in [0, 0.05) is 26.1 Å². The van der Waals surface area contributed by atoms with Crippen molar-refractivity contribution in [3.8, 4) is 0 Å². The monoisotopic (exact) mass is 382 g/mol. The molecule has 0 atom stereocenters. The molecule has 0 N–H and O–H groups in total. The number of anilines is 1. The van der Waals surface area contributed by atoms with E-state index in [4.69, 9.17) is 4.74 Å². The Bertz CT molecular complexity index is 742. The van der Waals surface area contributed by atoms with Gasteiger partial charge < -0.3 is 9.64 Å². The summed E-state index contributed by atoms with van der Waals surface area (Å²) in [5.74, 6) is -0.647. The lowest BCUT2D eigenvalue weighted by atomic mass is 10.1. The molecule has 26 heavy (non-hydrogen) atoms. The number of benzene rings is 1. The zero-order chi connectivity index (χ0) is 19.2. The average molecular weight is 382 g/mol. The number of sulfonamides is 1. The van der Waals surface area contributed by atoms with Crippen molar-refractivity contribution in [1.82, 2.24) is 4.90 Å². The van der Waals surface area contributed by atoms with Gasteiger partial charge in [-0.2, -0.15) is 0 Å². The van der Waals surface area contributed by atoms with E-state index in [9.17, 15) is 18.0 Å². The lowest BCUT2D eigenvalue weighted by Gasteiger charge is -2.29. The molecule has 0 radical (unpaired) electrons. The first-order valence-electron chi connectivity index (χ1n) is 8.86. The van der Waals surface area contributed by atoms with E-state index in [0.29, 0.717) is 0 Å². The zero-order valence-electron chi connectivity index (χ0n) is 15.3. The molecule has 0 aromatic heterocycles. The molecule has 0 bridgehead atoms. The number of carbonyl (C=O) groups is 2. The number of hydrogen-bond donors (Lipinski definition) is 0. The molecule has 0 unspecified atom stereocenters. The van der Waals surface area contributed by atoms with Crippen LogP contribution in [-0.4, -0.2) is 57.7 Å². The van der Waals surface area contributed by atoms with Crippen LogP contribution < -0.4 is 4.31 Å². The summed E-state index contributed by atoms with van der Waals surface area (Å²) < 4.78 is 30.7. The minimum atomic E-state index is -3.66. The Morgan fingerprint density at radius 3 is 2.42 bits per heavy atom. The molecule has 0 aliphatic carbocycles. The van der Waals surface area contributed by atoms with Crippen LogP contribution in [0.25, 0.3) is 0 Å². The van der Waals surface area contributed by atoms with Crippen molar-refractivity contribution >= 4 is 27.6 Å². The highest BCUT2D eigenvalue weighted by atomic mass is 32.2. The Balaban J connectivity index is 2.21. The van der Waals surface area contributed by atoms with E-state index < -0.39 is 16.0 Å². The molecular formula is C18H26N2O5S. The third-order valence-corrected chi connectivity index (χ3v) is 5.49. The van der Waals surface area contributed by atoms with Crippen LogP contribution >= 0.6 is 0 Å². The first kappa shape index (κ1) is 20.2. The number of ether oxygens (including phenoxy) is 1. The van der Waals surface area contributed by atoms with Gasteiger partial charge in [-0.1, -0.05) is 12.1 Å². The SMILES string of the molecule is CCOC(=O)c1ccccc1N(CCC(=O)N1CCCCC1)S(C)(=O)=O. The Kier molecular flexibility index (Phi) is 7.02. The molecular weight excluding hydrogens is 356 g/mol. The van der Waals surface area contributed by atoms with Gasteiger partial charge in [0.1, 0.15) is 0 Å². The summed E-state index contributed by atoms with van der Waals surface area (Å²) in [5.41, 5.74) is 0.407. The van der Waals surface area contributed by atoms with Crippen molar-refractivity contribution in [1.29, 1.82) is 0 Å². The lowest BCUT2D eigenvalue weighted by Crippen LogP contribution is -2.39. The number of para-hydroxylation sites is 1. The predicted molar refractivity (Wildman–Crippen MR) is 99.6 cm³/mol. The predicted octanol–water partition coefficient (Wildman–Crippen LogP) is 2.03. The fourth-order valence-corrected chi connectivity index (χ4v) is 3.98. The fraction of sp³-hybridized carbons (Fsp3) is 0.556. The van der Waals surface area contributed by atoms with E-state index >= 15 is 0 Å². The van der Waals surface area contributed by atoms with Gasteiger partial charge in [-0.3, -0.25) is 9.10 Å². The summed E-state index contributed by atoms with van der Waals surface area (Å²) in [6, 6.07) is 6.38. The number of rotatable bonds is 7. The van der Waals surface area contributed by atoms with Crippen LogP contribution in [0.4, 0.5) is 5.69 Å². The van der Waals surface area contributed by atoms with E-state index in [0.717, 1.165) is 42.9 Å². The van der Waals surface area contributed by atoms with Crippen LogP contribution in [0.1, 0.15) is 43.0 Å². The topological polar surface area (TPSA) is 84.0 Å². The van der Waals surface area contributed by atoms with E-state index in [1.165, 1.54) is 6.07 Å². The molecule has 8 heteroatoms. The minimum absolute atomic E-state index is 0.00934. The van der Waals surface area contributed by atoms with Crippen molar-refractivity contribution < 1.29 is 22.7 Å². The van der Waals surface area contributed by atoms with E-state index in [-0.39, 0.29) is 36.7 Å². The van der Waals surface area contributed by atoms with E-state index in [1.807, 2.05) is 0 Å². The Hall–Kier alpha value is -2.09. The third-order valence-electron chi connectivity index (χ3n) is 4.31. The van der Waals surface area contributed by atoms with Crippen molar-refractivity contribution in [3.63, 3.8) is 0 Å². The van der Waals surface area contributed by atoms with Crippen LogP contribution in [0.2, 0.25) is 0 Å². The van der Waals surface area contributed by atoms with Crippen molar-refractivity contribution in [2.45, 2.75) is 32.6 Å². The van der Waals surface area contributed by atoms with Crippen molar-refractivity contribution in [3.05, 3.63) is 29.8 Å². The van der Waals surface area contributed by atoms with E-state index in [1.54, 1.807) is 30.0 Å². The van der Waals surface area contributed by atoms with Gasteiger partial charge in [0.25, 0.3) is 0 Å². The maximum absolute atomic E-state index is 12.4. The summed E-state index contributed by atoms with van der Waals surface area (Å²) in [5, 5.41) is 0. The molecule has 0 saturated carbocycles. The number of nitrogens with zero attached hydrogens (tertiary/aromatic N) is 2. The average Bonchev–Trinajstić information content (AvgIpc) is 2.62. The van der Waals surface area contributed by atoms with Crippen LogP contribution in [0.15, 0.2) is 24.3 Å². The van der Waals surface area contributed by atoms with Crippen LogP contribution in [0, 0.1) is 0 Å². The Morgan fingerprint density at radius 2 is 1.81 bits per heavy atom. The molecule has 1 aliphatic heterocycles. The summed E-state index contributed by atoms with van der Waals surface area (Å²) in [4.78, 5) is 26.3. The molecule has 1 amide bonds. The van der Waals surface area contributed by atoms with Gasteiger partial charge in [0.15, 0.2) is 0 Å². The number of likely N-dealkylation sites (tertiary alicyclic amines) is 1. The molecule has 7 nitrogen and oxygen atoms in total. The number of carbonyl (C=O) groups excluding carboxylic acids is 2. The standard InChI is InChI=1S/C18H26N2O5S/c1-3-25-18(22)15-9-5-6-10-16(15)20(26(2,23)24)14-11-17(21)19-12-7-4-8-13-19/h5-6,9-10H,3-4,7-8,11-14H2,1-2H3. The summed E-state index contributed by atoms with van der Waals surface area (Å²) in [6.07, 6.45) is 4.22. The molecule has 1 heterocycles. The number of amides is 1.